The zero-order chi connectivity index (χ0) is 15.1. The first-order chi connectivity index (χ1) is 10.1. The van der Waals surface area contributed by atoms with Crippen LogP contribution in [0.1, 0.15) is 59.3 Å². The predicted octanol–water partition coefficient (Wildman–Crippen LogP) is 3.29. The van der Waals surface area contributed by atoms with Crippen LogP contribution in [0.2, 0.25) is 0 Å². The van der Waals surface area contributed by atoms with Gasteiger partial charge in [-0.2, -0.15) is 0 Å². The van der Waals surface area contributed by atoms with Crippen LogP contribution in [-0.4, -0.2) is 50.3 Å². The molecule has 2 rings (SSSR count). The van der Waals surface area contributed by atoms with E-state index in [2.05, 4.69) is 31.0 Å². The van der Waals surface area contributed by atoms with Crippen LogP contribution in [0.5, 0.6) is 0 Å². The van der Waals surface area contributed by atoms with Gasteiger partial charge in [-0.05, 0) is 57.0 Å². The van der Waals surface area contributed by atoms with Crippen molar-refractivity contribution in [3.05, 3.63) is 0 Å². The zero-order valence-corrected chi connectivity index (χ0v) is 14.5. The van der Waals surface area contributed by atoms with Crippen LogP contribution in [0, 0.1) is 11.3 Å². The summed E-state index contributed by atoms with van der Waals surface area (Å²) in [5, 5.41) is 3.74. The van der Waals surface area contributed by atoms with E-state index >= 15 is 0 Å². The van der Waals surface area contributed by atoms with Crippen LogP contribution in [0.4, 0.5) is 0 Å². The van der Waals surface area contributed by atoms with Gasteiger partial charge in [-0.1, -0.05) is 26.7 Å². The lowest BCUT2D eigenvalue weighted by atomic mass is 9.84. The number of hydrogen-bond acceptors (Lipinski definition) is 3. The van der Waals surface area contributed by atoms with Crippen molar-refractivity contribution in [3.63, 3.8) is 0 Å². The lowest BCUT2D eigenvalue weighted by Crippen LogP contribution is -2.48. The maximum atomic E-state index is 5.87. The Bertz CT molecular complexity index is 285. The monoisotopic (exact) mass is 296 g/mol. The van der Waals surface area contributed by atoms with Gasteiger partial charge < -0.3 is 15.0 Å². The van der Waals surface area contributed by atoms with Crippen molar-refractivity contribution in [2.75, 3.05) is 39.3 Å². The van der Waals surface area contributed by atoms with Gasteiger partial charge in [-0.25, -0.2) is 0 Å². The summed E-state index contributed by atoms with van der Waals surface area (Å²) in [7, 11) is 0. The highest BCUT2D eigenvalue weighted by molar-refractivity contribution is 4.91. The van der Waals surface area contributed by atoms with E-state index in [9.17, 15) is 0 Å². The Hall–Kier alpha value is -0.120. The number of hydrogen-bond donors (Lipinski definition) is 1. The lowest BCUT2D eigenvalue weighted by Gasteiger charge is -2.40. The second kappa shape index (κ2) is 8.50. The third-order valence-electron chi connectivity index (χ3n) is 5.14. The molecular formula is C18H36N2O. The average molecular weight is 296 g/mol. The number of ether oxygens (including phenoxy) is 1. The first kappa shape index (κ1) is 17.2. The molecule has 0 aromatic heterocycles. The van der Waals surface area contributed by atoms with Gasteiger partial charge in [0.2, 0.25) is 0 Å². The summed E-state index contributed by atoms with van der Waals surface area (Å²) in [5.41, 5.74) is 0.531. The molecule has 0 spiro atoms. The van der Waals surface area contributed by atoms with Crippen LogP contribution >= 0.6 is 0 Å². The fourth-order valence-corrected chi connectivity index (χ4v) is 4.14. The first-order valence-electron chi connectivity index (χ1n) is 9.18. The van der Waals surface area contributed by atoms with E-state index in [1.807, 2.05) is 0 Å². The van der Waals surface area contributed by atoms with Gasteiger partial charge in [0, 0.05) is 26.2 Å². The topological polar surface area (TPSA) is 24.5 Å². The average Bonchev–Trinajstić information content (AvgIpc) is 2.88. The van der Waals surface area contributed by atoms with E-state index in [4.69, 9.17) is 4.74 Å². The summed E-state index contributed by atoms with van der Waals surface area (Å²) in [4.78, 5) is 2.69. The number of piperidine rings is 1. The molecule has 0 bridgehead atoms. The standard InChI is InChI=1S/C18H36N2O/c1-4-21-17-8-7-11-20(13-17)15-18(9-5-6-10-18)14-19-12-16(2)3/h16-17,19H,4-15H2,1-3H3. The van der Waals surface area contributed by atoms with Crippen molar-refractivity contribution < 1.29 is 4.74 Å². The molecule has 1 heterocycles. The largest absolute Gasteiger partial charge is 0.377 e. The molecule has 2 fully saturated rings. The molecule has 1 unspecified atom stereocenters. The van der Waals surface area contributed by atoms with Crippen molar-refractivity contribution in [1.82, 2.24) is 10.2 Å². The van der Waals surface area contributed by atoms with Crippen LogP contribution in [0.15, 0.2) is 0 Å². The van der Waals surface area contributed by atoms with Gasteiger partial charge >= 0.3 is 0 Å². The smallest absolute Gasteiger partial charge is 0.0702 e. The van der Waals surface area contributed by atoms with Gasteiger partial charge in [-0.15, -0.1) is 0 Å². The zero-order valence-electron chi connectivity index (χ0n) is 14.5. The molecule has 0 aromatic carbocycles. The minimum absolute atomic E-state index is 0.478. The molecule has 1 saturated carbocycles. The van der Waals surface area contributed by atoms with E-state index in [1.165, 1.54) is 58.2 Å². The van der Waals surface area contributed by atoms with E-state index < -0.39 is 0 Å². The maximum absolute atomic E-state index is 5.87. The Balaban J connectivity index is 1.83. The van der Waals surface area contributed by atoms with Crippen LogP contribution in [0.25, 0.3) is 0 Å². The minimum atomic E-state index is 0.478. The van der Waals surface area contributed by atoms with Gasteiger partial charge in [0.05, 0.1) is 6.10 Å². The highest BCUT2D eigenvalue weighted by Gasteiger charge is 2.36. The Morgan fingerprint density at radius 3 is 2.67 bits per heavy atom. The normalized spacial score (nSPS) is 26.6. The van der Waals surface area contributed by atoms with Crippen LogP contribution in [-0.2, 0) is 4.74 Å². The molecule has 0 radical (unpaired) electrons. The summed E-state index contributed by atoms with van der Waals surface area (Å²) in [6.45, 7) is 13.6. The van der Waals surface area contributed by atoms with E-state index in [1.54, 1.807) is 0 Å². The second-order valence-electron chi connectivity index (χ2n) is 7.69. The predicted molar refractivity (Wildman–Crippen MR) is 89.7 cm³/mol. The van der Waals surface area contributed by atoms with Crippen LogP contribution in [0.3, 0.4) is 0 Å². The Labute approximate surface area is 131 Å². The molecule has 0 amide bonds. The number of nitrogens with zero attached hydrogens (tertiary/aromatic N) is 1. The molecule has 124 valence electrons. The molecule has 1 saturated heterocycles. The Morgan fingerprint density at radius 1 is 1.24 bits per heavy atom. The fourth-order valence-electron chi connectivity index (χ4n) is 4.14. The molecule has 3 nitrogen and oxygen atoms in total. The SMILES string of the molecule is CCOC1CCCN(CC2(CNCC(C)C)CCCC2)C1. The van der Waals surface area contributed by atoms with Gasteiger partial charge in [0.1, 0.15) is 0 Å². The van der Waals surface area contributed by atoms with Crippen LogP contribution < -0.4 is 5.32 Å². The van der Waals surface area contributed by atoms with Crippen molar-refractivity contribution >= 4 is 0 Å². The molecule has 21 heavy (non-hydrogen) atoms. The first-order valence-corrected chi connectivity index (χ1v) is 9.18. The van der Waals surface area contributed by atoms with E-state index in [0.29, 0.717) is 11.5 Å². The number of rotatable bonds is 8. The Kier molecular flexibility index (Phi) is 6.97. The third-order valence-corrected chi connectivity index (χ3v) is 5.14. The molecule has 2 aliphatic rings. The van der Waals surface area contributed by atoms with Gasteiger partial charge in [0.15, 0.2) is 0 Å². The van der Waals surface area contributed by atoms with Crippen molar-refractivity contribution in [2.24, 2.45) is 11.3 Å². The third kappa shape index (κ3) is 5.54. The molecular weight excluding hydrogens is 260 g/mol. The molecule has 1 atom stereocenters. The molecule has 0 aromatic rings. The van der Waals surface area contributed by atoms with Gasteiger partial charge in [0.25, 0.3) is 0 Å². The number of likely N-dealkylation sites (tertiary alicyclic amines) is 1. The molecule has 3 heteroatoms. The van der Waals surface area contributed by atoms with E-state index in [-0.39, 0.29) is 0 Å². The molecule has 1 aliphatic heterocycles. The summed E-state index contributed by atoms with van der Waals surface area (Å²) >= 11 is 0. The van der Waals surface area contributed by atoms with Gasteiger partial charge in [-0.3, -0.25) is 0 Å². The maximum Gasteiger partial charge on any atom is 0.0702 e. The summed E-state index contributed by atoms with van der Waals surface area (Å²) in [6, 6.07) is 0. The quantitative estimate of drug-likeness (QED) is 0.744. The highest BCUT2D eigenvalue weighted by Crippen LogP contribution is 2.39. The lowest BCUT2D eigenvalue weighted by molar-refractivity contribution is -0.00644. The minimum Gasteiger partial charge on any atom is -0.377 e. The van der Waals surface area contributed by atoms with E-state index in [0.717, 1.165) is 25.6 Å². The fraction of sp³-hybridized carbons (Fsp3) is 1.00. The van der Waals surface area contributed by atoms with Crippen molar-refractivity contribution in [1.29, 1.82) is 0 Å². The second-order valence-corrected chi connectivity index (χ2v) is 7.69. The molecule has 1 aliphatic carbocycles. The summed E-state index contributed by atoms with van der Waals surface area (Å²) < 4.78 is 5.87. The number of nitrogens with one attached hydrogen (secondary N) is 1. The summed E-state index contributed by atoms with van der Waals surface area (Å²) in [6.07, 6.45) is 8.70. The summed E-state index contributed by atoms with van der Waals surface area (Å²) in [5.74, 6) is 0.751. The highest BCUT2D eigenvalue weighted by atomic mass is 16.5. The molecule has 1 N–H and O–H groups in total. The van der Waals surface area contributed by atoms with Crippen molar-refractivity contribution in [3.8, 4) is 0 Å². The van der Waals surface area contributed by atoms with Crippen molar-refractivity contribution in [2.45, 2.75) is 65.4 Å². The Morgan fingerprint density at radius 2 is 2.00 bits per heavy atom.